The zero-order valence-corrected chi connectivity index (χ0v) is 14.2. The number of nitrogens with zero attached hydrogens (tertiary/aromatic N) is 2. The highest BCUT2D eigenvalue weighted by Crippen LogP contribution is 2.42. The van der Waals surface area contributed by atoms with Gasteiger partial charge in [-0.05, 0) is 37.3 Å². The van der Waals surface area contributed by atoms with Gasteiger partial charge in [0.25, 0.3) is 0 Å². The molecule has 1 fully saturated rings. The average molecular weight is 371 g/mol. The molecule has 2 bridgehead atoms. The lowest BCUT2D eigenvalue weighted by atomic mass is 10.2. The summed E-state index contributed by atoms with van der Waals surface area (Å²) >= 11 is 0. The molecule has 3 aliphatic rings. The molecule has 3 heterocycles. The van der Waals surface area contributed by atoms with Crippen LogP contribution >= 0.6 is 0 Å². The number of hydrogen-bond donors (Lipinski definition) is 3. The van der Waals surface area contributed by atoms with Crippen LogP contribution in [0.5, 0.6) is 5.75 Å². The van der Waals surface area contributed by atoms with Crippen molar-refractivity contribution < 1.29 is 18.4 Å². The zero-order valence-electron chi connectivity index (χ0n) is 14.2. The number of hydroxylamine groups is 1. The van der Waals surface area contributed by atoms with Gasteiger partial charge in [0, 0.05) is 23.5 Å². The van der Waals surface area contributed by atoms with Crippen LogP contribution in [0.2, 0.25) is 0 Å². The smallest absolute Gasteiger partial charge is 0.351 e. The standard InChI is InChI=1S/C18H15F2N5O2/c1-10-8-22-18(23-13-5-11(19)4-12(20)6-13)25(17(10)24-27-18)14-2-3-16-15(7-14)21-9-26-16/h2-8,21,23-24H,9H2,1H3. The average Bonchev–Trinajstić information content (AvgIpc) is 3.19. The van der Waals surface area contributed by atoms with E-state index in [1.165, 1.54) is 12.1 Å². The number of hydrogen-bond acceptors (Lipinski definition) is 7. The molecule has 9 heteroatoms. The topological polar surface area (TPSA) is 70.2 Å². The first-order valence-electron chi connectivity index (χ1n) is 8.29. The fourth-order valence-corrected chi connectivity index (χ4v) is 3.29. The Morgan fingerprint density at radius 1 is 1.19 bits per heavy atom. The Bertz CT molecular complexity index is 989. The minimum atomic E-state index is -1.43. The zero-order chi connectivity index (χ0) is 18.6. The maximum absolute atomic E-state index is 13.6. The van der Waals surface area contributed by atoms with Crippen molar-refractivity contribution in [3.8, 4) is 5.75 Å². The summed E-state index contributed by atoms with van der Waals surface area (Å²) in [5, 5.41) is 6.12. The van der Waals surface area contributed by atoms with Gasteiger partial charge in [-0.1, -0.05) is 0 Å². The molecule has 0 amide bonds. The predicted molar refractivity (Wildman–Crippen MR) is 96.2 cm³/mol. The molecule has 1 atom stereocenters. The molecular weight excluding hydrogens is 356 g/mol. The van der Waals surface area contributed by atoms with Crippen LogP contribution in [0, 0.1) is 11.6 Å². The quantitative estimate of drug-likeness (QED) is 0.770. The Labute approximate surface area is 153 Å². The summed E-state index contributed by atoms with van der Waals surface area (Å²) in [6.07, 6.45) is 1.64. The highest BCUT2D eigenvalue weighted by molar-refractivity contribution is 5.84. The minimum Gasteiger partial charge on any atom is -0.471 e. The second kappa shape index (κ2) is 5.58. The lowest BCUT2D eigenvalue weighted by Crippen LogP contribution is -2.51. The van der Waals surface area contributed by atoms with Crippen molar-refractivity contribution in [3.63, 3.8) is 0 Å². The summed E-state index contributed by atoms with van der Waals surface area (Å²) in [5.41, 5.74) is 5.49. The molecule has 2 aromatic carbocycles. The number of ether oxygens (including phenoxy) is 1. The van der Waals surface area contributed by atoms with Crippen molar-refractivity contribution in [1.29, 1.82) is 0 Å². The molecule has 0 spiro atoms. The fraction of sp³-hybridized carbons (Fsp3) is 0.167. The summed E-state index contributed by atoms with van der Waals surface area (Å²) in [6, 6.07) is 8.76. The van der Waals surface area contributed by atoms with Crippen molar-refractivity contribution in [2.45, 2.75) is 12.9 Å². The lowest BCUT2D eigenvalue weighted by Gasteiger charge is -2.36. The van der Waals surface area contributed by atoms with Crippen molar-refractivity contribution in [2.75, 3.05) is 22.3 Å². The number of allylic oxidation sites excluding steroid dienone is 1. The van der Waals surface area contributed by atoms with Gasteiger partial charge in [-0.25, -0.2) is 24.1 Å². The van der Waals surface area contributed by atoms with E-state index in [1.807, 2.05) is 25.1 Å². The summed E-state index contributed by atoms with van der Waals surface area (Å²) in [7, 11) is 0. The van der Waals surface area contributed by atoms with Crippen molar-refractivity contribution in [3.05, 3.63) is 59.4 Å². The normalized spacial score (nSPS) is 22.3. The molecule has 3 aliphatic heterocycles. The Morgan fingerprint density at radius 2 is 2.00 bits per heavy atom. The van der Waals surface area contributed by atoms with E-state index in [9.17, 15) is 8.78 Å². The van der Waals surface area contributed by atoms with E-state index >= 15 is 0 Å². The van der Waals surface area contributed by atoms with Gasteiger partial charge in [-0.2, -0.15) is 0 Å². The SMILES string of the molecule is CC1=C2NOC(Nc3cc(F)cc(F)c3)(N=C1)N2c1ccc2c(c1)NCO2. The van der Waals surface area contributed by atoms with E-state index in [2.05, 4.69) is 21.1 Å². The first-order valence-corrected chi connectivity index (χ1v) is 8.29. The third-order valence-electron chi connectivity index (χ3n) is 4.50. The monoisotopic (exact) mass is 371 g/mol. The molecule has 7 nitrogen and oxygen atoms in total. The minimum absolute atomic E-state index is 0.194. The van der Waals surface area contributed by atoms with Crippen LogP contribution in [-0.2, 0) is 4.84 Å². The van der Waals surface area contributed by atoms with Gasteiger partial charge in [0.2, 0.25) is 0 Å². The van der Waals surface area contributed by atoms with E-state index in [4.69, 9.17) is 9.57 Å². The molecule has 27 heavy (non-hydrogen) atoms. The molecule has 0 aliphatic carbocycles. The first-order chi connectivity index (χ1) is 13.0. The van der Waals surface area contributed by atoms with Gasteiger partial charge in [0.05, 0.1) is 11.4 Å². The Balaban J connectivity index is 1.58. The van der Waals surface area contributed by atoms with Crippen LogP contribution in [0.25, 0.3) is 0 Å². The van der Waals surface area contributed by atoms with Crippen molar-refractivity contribution in [2.24, 2.45) is 4.99 Å². The lowest BCUT2D eigenvalue weighted by molar-refractivity contribution is -0.0214. The second-order valence-corrected chi connectivity index (χ2v) is 6.37. The van der Waals surface area contributed by atoms with E-state index in [0.717, 1.165) is 28.8 Å². The Morgan fingerprint density at radius 3 is 2.81 bits per heavy atom. The highest BCUT2D eigenvalue weighted by Gasteiger charge is 2.49. The number of benzene rings is 2. The van der Waals surface area contributed by atoms with Gasteiger partial charge in [-0.3, -0.25) is 4.90 Å². The summed E-state index contributed by atoms with van der Waals surface area (Å²) in [4.78, 5) is 12.0. The number of aliphatic imine (C=N–C) groups is 1. The number of anilines is 3. The third-order valence-corrected chi connectivity index (χ3v) is 4.50. The van der Waals surface area contributed by atoms with Crippen molar-refractivity contribution in [1.82, 2.24) is 5.48 Å². The molecule has 0 saturated carbocycles. The summed E-state index contributed by atoms with van der Waals surface area (Å²) in [5.74, 6) is -1.40. The number of nitrogens with one attached hydrogen (secondary N) is 3. The maximum Gasteiger partial charge on any atom is 0.351 e. The van der Waals surface area contributed by atoms with Crippen LogP contribution in [0.15, 0.2) is 52.8 Å². The van der Waals surface area contributed by atoms with Gasteiger partial charge >= 0.3 is 5.97 Å². The number of rotatable bonds is 3. The molecule has 1 saturated heterocycles. The maximum atomic E-state index is 13.6. The van der Waals surface area contributed by atoms with Crippen LogP contribution in [0.3, 0.4) is 0 Å². The van der Waals surface area contributed by atoms with Crippen molar-refractivity contribution >= 4 is 23.3 Å². The third kappa shape index (κ3) is 2.47. The van der Waals surface area contributed by atoms with E-state index in [0.29, 0.717) is 12.6 Å². The predicted octanol–water partition coefficient (Wildman–Crippen LogP) is 3.11. The van der Waals surface area contributed by atoms with Crippen LogP contribution in [0.1, 0.15) is 6.92 Å². The molecular formula is C18H15F2N5O2. The van der Waals surface area contributed by atoms with Crippen LogP contribution < -0.4 is 25.8 Å². The summed E-state index contributed by atoms with van der Waals surface area (Å²) < 4.78 is 32.7. The number of halogens is 2. The molecule has 138 valence electrons. The Hall–Kier alpha value is -3.33. The highest BCUT2D eigenvalue weighted by atomic mass is 19.1. The molecule has 2 aromatic rings. The molecule has 3 N–H and O–H groups in total. The van der Waals surface area contributed by atoms with Gasteiger partial charge in [0.15, 0.2) is 6.73 Å². The molecule has 0 radical (unpaired) electrons. The first kappa shape index (κ1) is 15.9. The van der Waals surface area contributed by atoms with E-state index < -0.39 is 17.6 Å². The summed E-state index contributed by atoms with van der Waals surface area (Å²) in [6.45, 7) is 2.29. The largest absolute Gasteiger partial charge is 0.471 e. The van der Waals surface area contributed by atoms with Gasteiger partial charge in [0.1, 0.15) is 23.2 Å². The molecule has 5 rings (SSSR count). The Kier molecular flexibility index (Phi) is 3.28. The molecule has 1 unspecified atom stereocenters. The van der Waals surface area contributed by atoms with Crippen LogP contribution in [0.4, 0.5) is 25.8 Å². The fourth-order valence-electron chi connectivity index (χ4n) is 3.29. The van der Waals surface area contributed by atoms with Crippen LogP contribution in [-0.4, -0.2) is 18.9 Å². The van der Waals surface area contributed by atoms with E-state index in [1.54, 1.807) is 11.1 Å². The number of fused-ring (bicyclic) bond motifs is 3. The van der Waals surface area contributed by atoms with Gasteiger partial charge in [-0.15, -0.1) is 0 Å². The van der Waals surface area contributed by atoms with Gasteiger partial charge < -0.3 is 15.4 Å². The molecule has 0 aromatic heterocycles. The van der Waals surface area contributed by atoms with E-state index in [-0.39, 0.29) is 5.69 Å². The second-order valence-electron chi connectivity index (χ2n) is 6.37.